The summed E-state index contributed by atoms with van der Waals surface area (Å²) >= 11 is 0. The fraction of sp³-hybridized carbons (Fsp3) is 0.818. The van der Waals surface area contributed by atoms with Gasteiger partial charge in [-0.3, -0.25) is 14.5 Å². The van der Waals surface area contributed by atoms with Crippen molar-refractivity contribution in [3.05, 3.63) is 0 Å². The summed E-state index contributed by atoms with van der Waals surface area (Å²) in [5, 5.41) is 2.71. The number of ether oxygens (including phenoxy) is 2. The molecule has 1 unspecified atom stereocenters. The van der Waals surface area contributed by atoms with Gasteiger partial charge in [-0.15, -0.1) is 0 Å². The average Bonchev–Trinajstić information content (AvgIpc) is 2.28. The van der Waals surface area contributed by atoms with Crippen molar-refractivity contribution >= 4 is 11.9 Å². The van der Waals surface area contributed by atoms with Gasteiger partial charge in [0.15, 0.2) is 0 Å². The third kappa shape index (κ3) is 7.70. The Morgan fingerprint density at radius 1 is 1.35 bits per heavy atom. The zero-order chi connectivity index (χ0) is 13.3. The highest BCUT2D eigenvalue weighted by Crippen LogP contribution is 2.01. The van der Waals surface area contributed by atoms with E-state index in [0.29, 0.717) is 13.2 Å². The molecule has 0 aromatic carbocycles. The van der Waals surface area contributed by atoms with E-state index >= 15 is 0 Å². The number of hydrogen-bond donors (Lipinski definition) is 1. The molecule has 0 radical (unpaired) electrons. The first-order chi connectivity index (χ1) is 8.01. The molecule has 0 aliphatic heterocycles. The van der Waals surface area contributed by atoms with Gasteiger partial charge in [-0.25, -0.2) is 0 Å². The highest BCUT2D eigenvalue weighted by Gasteiger charge is 2.16. The molecule has 0 rings (SSSR count). The van der Waals surface area contributed by atoms with Crippen molar-refractivity contribution in [2.75, 3.05) is 41.0 Å². The zero-order valence-electron chi connectivity index (χ0n) is 11.0. The lowest BCUT2D eigenvalue weighted by Gasteiger charge is -2.23. The Labute approximate surface area is 102 Å². The maximum Gasteiger partial charge on any atom is 0.307 e. The molecule has 1 N–H and O–H groups in total. The molecule has 1 amide bonds. The predicted molar refractivity (Wildman–Crippen MR) is 63.6 cm³/mol. The van der Waals surface area contributed by atoms with E-state index in [9.17, 15) is 9.59 Å². The van der Waals surface area contributed by atoms with Crippen molar-refractivity contribution in [3.8, 4) is 0 Å². The molecule has 17 heavy (non-hydrogen) atoms. The van der Waals surface area contributed by atoms with Crippen LogP contribution in [0.4, 0.5) is 0 Å². The SMILES string of the molecule is COCCNC(=O)CN(C)C(C)CC(=O)OC. The Bertz CT molecular complexity index is 246. The first-order valence-electron chi connectivity index (χ1n) is 5.54. The summed E-state index contributed by atoms with van der Waals surface area (Å²) in [5.74, 6) is -0.356. The van der Waals surface area contributed by atoms with E-state index in [4.69, 9.17) is 4.74 Å². The van der Waals surface area contributed by atoms with Crippen LogP contribution in [0.1, 0.15) is 13.3 Å². The number of carbonyl (C=O) groups excluding carboxylic acids is 2. The molecule has 0 fully saturated rings. The second kappa shape index (κ2) is 8.95. The lowest BCUT2D eigenvalue weighted by molar-refractivity contribution is -0.142. The van der Waals surface area contributed by atoms with Gasteiger partial charge in [0.2, 0.25) is 5.91 Å². The quantitative estimate of drug-likeness (QED) is 0.467. The van der Waals surface area contributed by atoms with E-state index in [2.05, 4.69) is 10.1 Å². The highest BCUT2D eigenvalue weighted by molar-refractivity contribution is 5.78. The summed E-state index contributed by atoms with van der Waals surface area (Å²) in [7, 11) is 4.73. The Hall–Kier alpha value is -1.14. The molecule has 0 saturated carbocycles. The second-order valence-electron chi connectivity index (χ2n) is 3.89. The average molecular weight is 246 g/mol. The summed E-state index contributed by atoms with van der Waals surface area (Å²) in [5.41, 5.74) is 0. The van der Waals surface area contributed by atoms with Gasteiger partial charge in [0, 0.05) is 19.7 Å². The third-order valence-electron chi connectivity index (χ3n) is 2.46. The minimum atomic E-state index is -0.274. The van der Waals surface area contributed by atoms with Crippen molar-refractivity contribution in [3.63, 3.8) is 0 Å². The predicted octanol–water partition coefficient (Wildman–Crippen LogP) is -0.368. The molecule has 0 aromatic heterocycles. The first-order valence-corrected chi connectivity index (χ1v) is 5.54. The van der Waals surface area contributed by atoms with Gasteiger partial charge >= 0.3 is 5.97 Å². The molecule has 0 bridgehead atoms. The summed E-state index contributed by atoms with van der Waals surface area (Å²) in [6.07, 6.45) is 0.276. The minimum absolute atomic E-state index is 0.0318. The topological polar surface area (TPSA) is 67.9 Å². The lowest BCUT2D eigenvalue weighted by atomic mass is 10.2. The number of hydrogen-bond acceptors (Lipinski definition) is 5. The van der Waals surface area contributed by atoms with Crippen LogP contribution in [0.3, 0.4) is 0 Å². The summed E-state index contributed by atoms with van der Waals surface area (Å²) in [6, 6.07) is -0.0318. The van der Waals surface area contributed by atoms with Gasteiger partial charge in [-0.1, -0.05) is 0 Å². The Morgan fingerprint density at radius 2 is 2.00 bits per heavy atom. The number of carbonyl (C=O) groups is 2. The fourth-order valence-corrected chi connectivity index (χ4v) is 1.21. The van der Waals surface area contributed by atoms with E-state index in [1.54, 1.807) is 19.1 Å². The normalized spacial score (nSPS) is 12.3. The number of esters is 1. The largest absolute Gasteiger partial charge is 0.469 e. The maximum absolute atomic E-state index is 11.5. The fourth-order valence-electron chi connectivity index (χ4n) is 1.21. The Kier molecular flexibility index (Phi) is 8.35. The van der Waals surface area contributed by atoms with Gasteiger partial charge in [0.1, 0.15) is 0 Å². The number of nitrogens with zero attached hydrogens (tertiary/aromatic N) is 1. The standard InChI is InChI=1S/C11H22N2O4/c1-9(7-11(15)17-4)13(2)8-10(14)12-5-6-16-3/h9H,5-8H2,1-4H3,(H,12,14). The first kappa shape index (κ1) is 15.9. The number of likely N-dealkylation sites (N-methyl/N-ethyl adjacent to an activating group) is 1. The number of rotatable bonds is 8. The van der Waals surface area contributed by atoms with Crippen LogP contribution in [-0.2, 0) is 19.1 Å². The molecule has 0 aliphatic rings. The van der Waals surface area contributed by atoms with E-state index in [1.807, 2.05) is 6.92 Å². The van der Waals surface area contributed by atoms with Crippen LogP contribution in [0.5, 0.6) is 0 Å². The highest BCUT2D eigenvalue weighted by atomic mass is 16.5. The maximum atomic E-state index is 11.5. The summed E-state index contributed by atoms with van der Waals surface area (Å²) in [6.45, 7) is 3.11. The van der Waals surface area contributed by atoms with E-state index in [1.165, 1.54) is 7.11 Å². The van der Waals surface area contributed by atoms with Gasteiger partial charge in [0.05, 0.1) is 26.7 Å². The van der Waals surface area contributed by atoms with Crippen LogP contribution in [-0.4, -0.2) is 63.8 Å². The van der Waals surface area contributed by atoms with Crippen LogP contribution in [0.15, 0.2) is 0 Å². The molecule has 6 nitrogen and oxygen atoms in total. The van der Waals surface area contributed by atoms with Crippen LogP contribution < -0.4 is 5.32 Å². The van der Waals surface area contributed by atoms with Crippen LogP contribution >= 0.6 is 0 Å². The van der Waals surface area contributed by atoms with E-state index in [0.717, 1.165) is 0 Å². The number of methoxy groups -OCH3 is 2. The molecule has 0 heterocycles. The van der Waals surface area contributed by atoms with E-state index < -0.39 is 0 Å². The molecule has 6 heteroatoms. The summed E-state index contributed by atoms with van der Waals surface area (Å²) in [4.78, 5) is 24.3. The van der Waals surface area contributed by atoms with Crippen LogP contribution in [0.2, 0.25) is 0 Å². The zero-order valence-corrected chi connectivity index (χ0v) is 11.0. The monoisotopic (exact) mass is 246 g/mol. The Balaban J connectivity index is 3.86. The Morgan fingerprint density at radius 3 is 2.53 bits per heavy atom. The van der Waals surface area contributed by atoms with E-state index in [-0.39, 0.29) is 30.9 Å². The van der Waals surface area contributed by atoms with Gasteiger partial charge in [0.25, 0.3) is 0 Å². The number of nitrogens with one attached hydrogen (secondary N) is 1. The molecule has 0 aromatic rings. The lowest BCUT2D eigenvalue weighted by Crippen LogP contribution is -2.41. The van der Waals surface area contributed by atoms with Gasteiger partial charge in [-0.05, 0) is 14.0 Å². The van der Waals surface area contributed by atoms with Gasteiger partial charge in [-0.2, -0.15) is 0 Å². The third-order valence-corrected chi connectivity index (χ3v) is 2.46. The van der Waals surface area contributed by atoms with Gasteiger partial charge < -0.3 is 14.8 Å². The van der Waals surface area contributed by atoms with Crippen LogP contribution in [0.25, 0.3) is 0 Å². The molecular formula is C11H22N2O4. The van der Waals surface area contributed by atoms with Crippen molar-refractivity contribution in [2.45, 2.75) is 19.4 Å². The van der Waals surface area contributed by atoms with Crippen molar-refractivity contribution in [2.24, 2.45) is 0 Å². The van der Waals surface area contributed by atoms with Crippen LogP contribution in [0, 0.1) is 0 Å². The molecular weight excluding hydrogens is 224 g/mol. The summed E-state index contributed by atoms with van der Waals surface area (Å²) < 4.78 is 9.40. The number of amides is 1. The van der Waals surface area contributed by atoms with Crippen molar-refractivity contribution < 1.29 is 19.1 Å². The smallest absolute Gasteiger partial charge is 0.307 e. The van der Waals surface area contributed by atoms with Crippen molar-refractivity contribution in [1.29, 1.82) is 0 Å². The molecule has 0 aliphatic carbocycles. The molecule has 0 spiro atoms. The minimum Gasteiger partial charge on any atom is -0.469 e. The molecule has 0 saturated heterocycles. The van der Waals surface area contributed by atoms with Crippen molar-refractivity contribution in [1.82, 2.24) is 10.2 Å². The second-order valence-corrected chi connectivity index (χ2v) is 3.89. The molecule has 1 atom stereocenters. The molecule has 100 valence electrons.